The van der Waals surface area contributed by atoms with Crippen molar-refractivity contribution in [3.63, 3.8) is 0 Å². The van der Waals surface area contributed by atoms with Crippen LogP contribution in [0.3, 0.4) is 0 Å². The largest absolute Gasteiger partial charge is 0.396 e. The molecule has 8 nitrogen and oxygen atoms in total. The van der Waals surface area contributed by atoms with Crippen LogP contribution in [0.25, 0.3) is 5.95 Å². The molecule has 2 aromatic heterocycles. The third-order valence-electron chi connectivity index (χ3n) is 3.13. The van der Waals surface area contributed by atoms with E-state index in [1.54, 1.807) is 0 Å². The molecule has 0 aromatic carbocycles. The van der Waals surface area contributed by atoms with E-state index in [1.807, 2.05) is 0 Å². The highest BCUT2D eigenvalue weighted by Crippen LogP contribution is 2.44. The van der Waals surface area contributed by atoms with Gasteiger partial charge in [0.15, 0.2) is 0 Å². The summed E-state index contributed by atoms with van der Waals surface area (Å²) >= 11 is 5.85. The first-order valence-electron chi connectivity index (χ1n) is 5.82. The molecule has 2 heterocycles. The fourth-order valence-electron chi connectivity index (χ4n) is 1.67. The lowest BCUT2D eigenvalue weighted by atomic mass is 10.1. The number of hydrogen-bond acceptors (Lipinski definition) is 7. The fourth-order valence-corrected chi connectivity index (χ4v) is 1.82. The zero-order valence-electron chi connectivity index (χ0n) is 9.99. The van der Waals surface area contributed by atoms with Gasteiger partial charge in [-0.05, 0) is 24.4 Å². The van der Waals surface area contributed by atoms with Gasteiger partial charge in [0.25, 0.3) is 5.95 Å². The van der Waals surface area contributed by atoms with Crippen molar-refractivity contribution in [2.24, 2.45) is 5.41 Å². The molecule has 1 aliphatic rings. The van der Waals surface area contributed by atoms with Gasteiger partial charge in [-0.15, -0.1) is 0 Å². The smallest absolute Gasteiger partial charge is 0.258 e. The summed E-state index contributed by atoms with van der Waals surface area (Å²) in [6, 6.07) is 0. The maximum absolute atomic E-state index is 9.25. The molecule has 0 amide bonds. The lowest BCUT2D eigenvalue weighted by Crippen LogP contribution is -2.20. The molecular formula is C10H12ClN7O. The van der Waals surface area contributed by atoms with Gasteiger partial charge < -0.3 is 10.4 Å². The Bertz CT molecular complexity index is 569. The van der Waals surface area contributed by atoms with Crippen molar-refractivity contribution in [2.45, 2.75) is 12.8 Å². The van der Waals surface area contributed by atoms with Gasteiger partial charge in [-0.25, -0.2) is 4.98 Å². The number of nitrogens with one attached hydrogen (secondary N) is 1. The van der Waals surface area contributed by atoms with E-state index >= 15 is 0 Å². The van der Waals surface area contributed by atoms with Crippen LogP contribution in [-0.2, 0) is 0 Å². The quantitative estimate of drug-likeness (QED) is 0.812. The van der Waals surface area contributed by atoms with Crippen LogP contribution in [0, 0.1) is 5.41 Å². The van der Waals surface area contributed by atoms with Crippen LogP contribution in [0.15, 0.2) is 12.7 Å². The molecule has 2 N–H and O–H groups in total. The van der Waals surface area contributed by atoms with Crippen LogP contribution < -0.4 is 5.32 Å². The van der Waals surface area contributed by atoms with Crippen molar-refractivity contribution < 1.29 is 5.11 Å². The van der Waals surface area contributed by atoms with Gasteiger partial charge in [-0.3, -0.25) is 0 Å². The SMILES string of the molecule is OCC1(CNc2nc(Cl)nc(-n3cncn3)n2)CC1. The Morgan fingerprint density at radius 3 is 2.84 bits per heavy atom. The van der Waals surface area contributed by atoms with Crippen LogP contribution in [0.2, 0.25) is 5.28 Å². The molecule has 19 heavy (non-hydrogen) atoms. The predicted octanol–water partition coefficient (Wildman–Crippen LogP) is 0.290. The van der Waals surface area contributed by atoms with E-state index in [0.717, 1.165) is 12.8 Å². The molecule has 0 spiro atoms. The lowest BCUT2D eigenvalue weighted by molar-refractivity contribution is 0.219. The Morgan fingerprint density at radius 2 is 2.21 bits per heavy atom. The van der Waals surface area contributed by atoms with E-state index in [0.29, 0.717) is 18.4 Å². The summed E-state index contributed by atoms with van der Waals surface area (Å²) in [5.41, 5.74) is -0.0352. The highest BCUT2D eigenvalue weighted by Gasteiger charge is 2.41. The highest BCUT2D eigenvalue weighted by molar-refractivity contribution is 6.28. The zero-order chi connectivity index (χ0) is 13.3. The molecule has 0 aliphatic heterocycles. The van der Waals surface area contributed by atoms with Crippen molar-refractivity contribution in [3.05, 3.63) is 17.9 Å². The van der Waals surface area contributed by atoms with Gasteiger partial charge in [0.2, 0.25) is 11.2 Å². The number of anilines is 1. The van der Waals surface area contributed by atoms with Crippen LogP contribution in [0.1, 0.15) is 12.8 Å². The van der Waals surface area contributed by atoms with Crippen molar-refractivity contribution in [1.29, 1.82) is 0 Å². The van der Waals surface area contributed by atoms with E-state index in [1.165, 1.54) is 17.3 Å². The normalized spacial score (nSPS) is 16.3. The van der Waals surface area contributed by atoms with E-state index in [-0.39, 0.29) is 17.3 Å². The molecule has 0 saturated heterocycles. The van der Waals surface area contributed by atoms with Gasteiger partial charge in [0.05, 0.1) is 6.61 Å². The standard InChI is InChI=1S/C10H12ClN7O/c11-7-15-8(13-3-10(4-19)1-2-10)17-9(16-7)18-6-12-5-14-18/h5-6,19H,1-4H2,(H,13,15,16,17). The number of nitrogens with zero attached hydrogens (tertiary/aromatic N) is 6. The van der Waals surface area contributed by atoms with Crippen LogP contribution >= 0.6 is 11.6 Å². The Kier molecular flexibility index (Phi) is 3.03. The average molecular weight is 282 g/mol. The third-order valence-corrected chi connectivity index (χ3v) is 3.30. The Morgan fingerprint density at radius 1 is 1.37 bits per heavy atom. The van der Waals surface area contributed by atoms with E-state index in [2.05, 4.69) is 30.4 Å². The molecule has 2 aromatic rings. The second kappa shape index (κ2) is 4.71. The summed E-state index contributed by atoms with van der Waals surface area (Å²) in [4.78, 5) is 16.0. The van der Waals surface area contributed by atoms with Gasteiger partial charge >= 0.3 is 0 Å². The second-order valence-corrected chi connectivity index (χ2v) is 4.92. The number of halogens is 1. The molecular weight excluding hydrogens is 270 g/mol. The highest BCUT2D eigenvalue weighted by atomic mass is 35.5. The second-order valence-electron chi connectivity index (χ2n) is 4.58. The molecule has 0 atom stereocenters. The maximum atomic E-state index is 9.25. The monoisotopic (exact) mass is 281 g/mol. The fraction of sp³-hybridized carbons (Fsp3) is 0.500. The maximum Gasteiger partial charge on any atom is 0.258 e. The Hall–Kier alpha value is -1.80. The number of hydrogen-bond donors (Lipinski definition) is 2. The van der Waals surface area contributed by atoms with Crippen LogP contribution in [-0.4, -0.2) is 48.0 Å². The van der Waals surface area contributed by atoms with Crippen LogP contribution in [0.4, 0.5) is 5.95 Å². The molecule has 0 radical (unpaired) electrons. The predicted molar refractivity (Wildman–Crippen MR) is 67.0 cm³/mol. The van der Waals surface area contributed by atoms with Crippen molar-refractivity contribution in [2.75, 3.05) is 18.5 Å². The van der Waals surface area contributed by atoms with Gasteiger partial charge in [0.1, 0.15) is 12.7 Å². The third kappa shape index (κ3) is 2.64. The Balaban J connectivity index is 1.78. The van der Waals surface area contributed by atoms with Gasteiger partial charge in [-0.1, -0.05) is 0 Å². The number of aromatic nitrogens is 6. The number of aliphatic hydroxyl groups is 1. The van der Waals surface area contributed by atoms with Gasteiger partial charge in [0, 0.05) is 12.0 Å². The Labute approximate surface area is 113 Å². The van der Waals surface area contributed by atoms with Crippen molar-refractivity contribution >= 4 is 17.5 Å². The topological polar surface area (TPSA) is 102 Å². The first kappa shape index (κ1) is 12.2. The minimum absolute atomic E-state index is 0.0352. The van der Waals surface area contributed by atoms with Gasteiger partial charge in [-0.2, -0.15) is 24.7 Å². The summed E-state index contributed by atoms with van der Waals surface area (Å²) in [6.45, 7) is 0.773. The summed E-state index contributed by atoms with van der Waals surface area (Å²) in [7, 11) is 0. The molecule has 1 fully saturated rings. The minimum Gasteiger partial charge on any atom is -0.396 e. The molecule has 1 aliphatic carbocycles. The molecule has 100 valence electrons. The first-order valence-corrected chi connectivity index (χ1v) is 6.20. The molecule has 9 heteroatoms. The van der Waals surface area contributed by atoms with E-state index < -0.39 is 0 Å². The first-order chi connectivity index (χ1) is 9.21. The zero-order valence-corrected chi connectivity index (χ0v) is 10.7. The summed E-state index contributed by atoms with van der Waals surface area (Å²) in [5, 5.41) is 16.3. The van der Waals surface area contributed by atoms with Crippen molar-refractivity contribution in [1.82, 2.24) is 29.7 Å². The summed E-state index contributed by atoms with van der Waals surface area (Å²) in [5.74, 6) is 0.666. The summed E-state index contributed by atoms with van der Waals surface area (Å²) < 4.78 is 1.40. The number of aliphatic hydroxyl groups excluding tert-OH is 1. The number of rotatable bonds is 5. The van der Waals surface area contributed by atoms with E-state index in [4.69, 9.17) is 11.6 Å². The molecule has 1 saturated carbocycles. The lowest BCUT2D eigenvalue weighted by Gasteiger charge is -2.12. The molecule has 0 bridgehead atoms. The van der Waals surface area contributed by atoms with E-state index in [9.17, 15) is 5.11 Å². The minimum atomic E-state index is -0.0352. The molecule has 3 rings (SSSR count). The summed E-state index contributed by atoms with van der Waals surface area (Å²) in [6.07, 6.45) is 4.87. The van der Waals surface area contributed by atoms with Crippen LogP contribution in [0.5, 0.6) is 0 Å². The molecule has 0 unspecified atom stereocenters. The average Bonchev–Trinajstić information content (AvgIpc) is 2.98. The van der Waals surface area contributed by atoms with Crippen molar-refractivity contribution in [3.8, 4) is 5.95 Å².